The average molecular weight is 301 g/mol. The van der Waals surface area contributed by atoms with E-state index in [1.165, 1.54) is 12.1 Å². The van der Waals surface area contributed by atoms with Crippen molar-refractivity contribution in [3.8, 4) is 0 Å². The van der Waals surface area contributed by atoms with Crippen LogP contribution in [0.3, 0.4) is 0 Å². The molecule has 0 fully saturated rings. The number of hydrogen-bond donors (Lipinski definition) is 1. The predicted molar refractivity (Wildman–Crippen MR) is 76.5 cm³/mol. The van der Waals surface area contributed by atoms with Crippen molar-refractivity contribution in [1.82, 2.24) is 0 Å². The van der Waals surface area contributed by atoms with Crippen LogP contribution in [-0.4, -0.2) is 33.3 Å². The first-order chi connectivity index (χ1) is 9.82. The maximum absolute atomic E-state index is 13.9. The number of anilines is 1. The Balaban J connectivity index is 2.82. The zero-order valence-electron chi connectivity index (χ0n) is 12.8. The highest BCUT2D eigenvalue weighted by Gasteiger charge is 2.21. The number of nitrogens with one attached hydrogen (secondary N) is 1. The van der Waals surface area contributed by atoms with Crippen LogP contribution in [0.4, 0.5) is 14.5 Å². The van der Waals surface area contributed by atoms with Gasteiger partial charge in [-0.05, 0) is 24.0 Å². The number of rotatable bonds is 7. The lowest BCUT2D eigenvalue weighted by Gasteiger charge is -2.25. The van der Waals surface area contributed by atoms with E-state index in [4.69, 9.17) is 4.74 Å². The quantitative estimate of drug-likeness (QED) is 0.786. The van der Waals surface area contributed by atoms with Crippen LogP contribution < -0.4 is 5.32 Å². The molecule has 1 N–H and O–H groups in total. The van der Waals surface area contributed by atoms with Gasteiger partial charge in [0.05, 0.1) is 18.4 Å². The second-order valence-corrected chi connectivity index (χ2v) is 5.54. The molecule has 0 aliphatic rings. The van der Waals surface area contributed by atoms with Crippen molar-refractivity contribution in [3.05, 3.63) is 29.3 Å². The number of methoxy groups -OCH3 is 2. The molecule has 1 aromatic carbocycles. The highest BCUT2D eigenvalue weighted by molar-refractivity contribution is 5.90. The van der Waals surface area contributed by atoms with Gasteiger partial charge >= 0.3 is 5.97 Å². The normalized spacial score (nSPS) is 11.3. The molecule has 0 heterocycles. The Morgan fingerprint density at radius 3 is 2.48 bits per heavy atom. The molecule has 0 aromatic heterocycles. The van der Waals surface area contributed by atoms with Crippen LogP contribution in [0.15, 0.2) is 12.1 Å². The molecule has 1 aromatic rings. The number of carbonyl (C=O) groups is 1. The van der Waals surface area contributed by atoms with Gasteiger partial charge in [-0.25, -0.2) is 13.6 Å². The molecule has 0 radical (unpaired) electrons. The second-order valence-electron chi connectivity index (χ2n) is 5.54. The Bertz CT molecular complexity index is 504. The number of halogens is 2. The zero-order valence-corrected chi connectivity index (χ0v) is 12.8. The highest BCUT2D eigenvalue weighted by atomic mass is 19.2. The zero-order chi connectivity index (χ0) is 16.0. The standard InChI is InChI=1S/C15H21F2NO3/c1-15(2,7-8-20-3)9-18-11-6-5-10(14(19)21-4)12(16)13(11)17/h5-6,18H,7-9H2,1-4H3. The summed E-state index contributed by atoms with van der Waals surface area (Å²) in [6.45, 7) is 5.03. The summed E-state index contributed by atoms with van der Waals surface area (Å²) in [4.78, 5) is 11.3. The lowest BCUT2D eigenvalue weighted by Crippen LogP contribution is -2.25. The first kappa shape index (κ1) is 17.4. The summed E-state index contributed by atoms with van der Waals surface area (Å²) >= 11 is 0. The fourth-order valence-electron chi connectivity index (χ4n) is 1.75. The van der Waals surface area contributed by atoms with Gasteiger partial charge in [-0.15, -0.1) is 0 Å². The van der Waals surface area contributed by atoms with Crippen molar-refractivity contribution in [3.63, 3.8) is 0 Å². The Labute approximate surface area is 123 Å². The lowest BCUT2D eigenvalue weighted by molar-refractivity contribution is 0.0594. The molecule has 0 unspecified atom stereocenters. The van der Waals surface area contributed by atoms with E-state index in [1.807, 2.05) is 13.8 Å². The second kappa shape index (κ2) is 7.36. The minimum Gasteiger partial charge on any atom is -0.465 e. The van der Waals surface area contributed by atoms with Crippen LogP contribution >= 0.6 is 0 Å². The van der Waals surface area contributed by atoms with Crippen LogP contribution in [0.1, 0.15) is 30.6 Å². The molecule has 4 nitrogen and oxygen atoms in total. The summed E-state index contributed by atoms with van der Waals surface area (Å²) in [5.74, 6) is -3.19. The van der Waals surface area contributed by atoms with Crippen molar-refractivity contribution < 1.29 is 23.0 Å². The van der Waals surface area contributed by atoms with Crippen molar-refractivity contribution in [2.45, 2.75) is 20.3 Å². The van der Waals surface area contributed by atoms with E-state index in [0.717, 1.165) is 13.5 Å². The Morgan fingerprint density at radius 1 is 1.24 bits per heavy atom. The van der Waals surface area contributed by atoms with Gasteiger partial charge < -0.3 is 14.8 Å². The fraction of sp³-hybridized carbons (Fsp3) is 0.533. The molecule has 21 heavy (non-hydrogen) atoms. The fourth-order valence-corrected chi connectivity index (χ4v) is 1.75. The molecule has 6 heteroatoms. The minimum absolute atomic E-state index is 0.0191. The number of ether oxygens (including phenoxy) is 2. The lowest BCUT2D eigenvalue weighted by atomic mass is 9.89. The first-order valence-electron chi connectivity index (χ1n) is 6.61. The molecule has 0 saturated carbocycles. The summed E-state index contributed by atoms with van der Waals surface area (Å²) in [7, 11) is 2.73. The number of benzene rings is 1. The Kier molecular flexibility index (Phi) is 6.08. The van der Waals surface area contributed by atoms with E-state index >= 15 is 0 Å². The van der Waals surface area contributed by atoms with Crippen LogP contribution in [0.2, 0.25) is 0 Å². The van der Waals surface area contributed by atoms with E-state index in [9.17, 15) is 13.6 Å². The van der Waals surface area contributed by atoms with Crippen molar-refractivity contribution in [2.75, 3.05) is 32.7 Å². The van der Waals surface area contributed by atoms with Gasteiger partial charge in [0, 0.05) is 20.3 Å². The van der Waals surface area contributed by atoms with Gasteiger partial charge in [-0.3, -0.25) is 0 Å². The predicted octanol–water partition coefficient (Wildman–Crippen LogP) is 3.23. The first-order valence-corrected chi connectivity index (χ1v) is 6.61. The van der Waals surface area contributed by atoms with Gasteiger partial charge in [0.1, 0.15) is 0 Å². The SMILES string of the molecule is COCCC(C)(C)CNc1ccc(C(=O)OC)c(F)c1F. The minimum atomic E-state index is -1.21. The third-order valence-corrected chi connectivity index (χ3v) is 3.23. The summed E-state index contributed by atoms with van der Waals surface area (Å²) in [6.07, 6.45) is 0.779. The van der Waals surface area contributed by atoms with Gasteiger partial charge in [0.2, 0.25) is 0 Å². The summed E-state index contributed by atoms with van der Waals surface area (Å²) in [5.41, 5.74) is -0.537. The average Bonchev–Trinajstić information content (AvgIpc) is 2.46. The van der Waals surface area contributed by atoms with E-state index in [-0.39, 0.29) is 11.1 Å². The monoisotopic (exact) mass is 301 g/mol. The van der Waals surface area contributed by atoms with E-state index in [1.54, 1.807) is 7.11 Å². The Morgan fingerprint density at radius 2 is 1.90 bits per heavy atom. The largest absolute Gasteiger partial charge is 0.465 e. The van der Waals surface area contributed by atoms with Crippen LogP contribution in [-0.2, 0) is 9.47 Å². The molecular weight excluding hydrogens is 280 g/mol. The maximum Gasteiger partial charge on any atom is 0.340 e. The van der Waals surface area contributed by atoms with Crippen molar-refractivity contribution in [1.29, 1.82) is 0 Å². The van der Waals surface area contributed by atoms with E-state index in [0.29, 0.717) is 13.2 Å². The van der Waals surface area contributed by atoms with Gasteiger partial charge in [0.25, 0.3) is 0 Å². The molecule has 0 amide bonds. The third-order valence-electron chi connectivity index (χ3n) is 3.23. The van der Waals surface area contributed by atoms with Crippen molar-refractivity contribution >= 4 is 11.7 Å². The van der Waals surface area contributed by atoms with Gasteiger partial charge in [-0.2, -0.15) is 0 Å². The molecular formula is C15H21F2NO3. The molecule has 0 saturated heterocycles. The molecule has 1 rings (SSSR count). The van der Waals surface area contributed by atoms with Crippen LogP contribution in [0.5, 0.6) is 0 Å². The topological polar surface area (TPSA) is 47.6 Å². The molecule has 0 atom stereocenters. The summed E-state index contributed by atoms with van der Waals surface area (Å²) in [5, 5.41) is 2.86. The molecule has 0 bridgehead atoms. The van der Waals surface area contributed by atoms with E-state index < -0.39 is 23.2 Å². The third kappa shape index (κ3) is 4.67. The molecule has 118 valence electrons. The molecule has 0 aliphatic heterocycles. The van der Waals surface area contributed by atoms with Crippen molar-refractivity contribution in [2.24, 2.45) is 5.41 Å². The van der Waals surface area contributed by atoms with Gasteiger partial charge in [0.15, 0.2) is 11.6 Å². The number of carbonyl (C=O) groups excluding carboxylic acids is 1. The maximum atomic E-state index is 13.9. The van der Waals surface area contributed by atoms with Gasteiger partial charge in [-0.1, -0.05) is 13.8 Å². The highest BCUT2D eigenvalue weighted by Crippen LogP contribution is 2.25. The van der Waals surface area contributed by atoms with Crippen LogP contribution in [0.25, 0.3) is 0 Å². The summed E-state index contributed by atoms with van der Waals surface area (Å²) < 4.78 is 37.1. The van der Waals surface area contributed by atoms with Crippen LogP contribution in [0, 0.1) is 17.0 Å². The number of hydrogen-bond acceptors (Lipinski definition) is 4. The molecule has 0 spiro atoms. The smallest absolute Gasteiger partial charge is 0.340 e. The number of esters is 1. The molecule has 0 aliphatic carbocycles. The van der Waals surface area contributed by atoms with E-state index in [2.05, 4.69) is 10.1 Å². The Hall–Kier alpha value is -1.69. The summed E-state index contributed by atoms with van der Waals surface area (Å²) in [6, 6.07) is 2.53.